The second-order valence-corrected chi connectivity index (χ2v) is 7.40. The van der Waals surface area contributed by atoms with Crippen molar-refractivity contribution in [2.45, 2.75) is 57.2 Å². The fourth-order valence-corrected chi connectivity index (χ4v) is 4.17. The van der Waals surface area contributed by atoms with Crippen LogP contribution in [0.1, 0.15) is 61.4 Å². The molecule has 2 heterocycles. The lowest BCUT2D eigenvalue weighted by Crippen LogP contribution is -2.33. The van der Waals surface area contributed by atoms with Crippen LogP contribution in [-0.4, -0.2) is 24.1 Å². The van der Waals surface area contributed by atoms with Gasteiger partial charge in [0.1, 0.15) is 12.4 Å². The number of aromatic nitrogens is 1. The fraction of sp³-hybridized carbons (Fsp3) is 0.500. The van der Waals surface area contributed by atoms with Gasteiger partial charge in [0.05, 0.1) is 11.7 Å². The molecule has 0 bridgehead atoms. The Labute approximate surface area is 156 Å². The van der Waals surface area contributed by atoms with E-state index in [1.807, 2.05) is 18.3 Å². The first-order valence-electron chi connectivity index (χ1n) is 10.0. The standard InChI is InChI=1S/C22H29N3O/c1-2-8-17(9-3-1)23-14-7-15-25-22-18-11-6-13-24-20(18)16-26-21-12-5-4-10-19(21)22/h4-6,10-13,17,22-23,25H,1-3,7-9,14-16H2. The third-order valence-corrected chi connectivity index (χ3v) is 5.57. The quantitative estimate of drug-likeness (QED) is 0.773. The van der Waals surface area contributed by atoms with Crippen LogP contribution in [0.3, 0.4) is 0 Å². The number of pyridine rings is 1. The molecule has 4 rings (SSSR count). The highest BCUT2D eigenvalue weighted by Crippen LogP contribution is 2.34. The lowest BCUT2D eigenvalue weighted by atomic mass is 9.95. The van der Waals surface area contributed by atoms with E-state index in [0.717, 1.165) is 37.0 Å². The molecule has 4 nitrogen and oxygen atoms in total. The van der Waals surface area contributed by atoms with Crippen LogP contribution in [0.5, 0.6) is 5.75 Å². The third-order valence-electron chi connectivity index (χ3n) is 5.57. The zero-order valence-electron chi connectivity index (χ0n) is 15.4. The van der Waals surface area contributed by atoms with Gasteiger partial charge in [-0.25, -0.2) is 0 Å². The molecule has 1 saturated carbocycles. The summed E-state index contributed by atoms with van der Waals surface area (Å²) in [5.41, 5.74) is 3.47. The van der Waals surface area contributed by atoms with E-state index in [2.05, 4.69) is 39.9 Å². The second-order valence-electron chi connectivity index (χ2n) is 7.40. The molecule has 2 aliphatic rings. The average Bonchev–Trinajstić information content (AvgIpc) is 2.86. The summed E-state index contributed by atoms with van der Waals surface area (Å²) >= 11 is 0. The smallest absolute Gasteiger partial charge is 0.131 e. The lowest BCUT2D eigenvalue weighted by Gasteiger charge is -2.23. The molecule has 1 aromatic carbocycles. The van der Waals surface area contributed by atoms with Crippen LogP contribution in [-0.2, 0) is 6.61 Å². The van der Waals surface area contributed by atoms with Crippen LogP contribution in [0.4, 0.5) is 0 Å². The Kier molecular flexibility index (Phi) is 5.82. The van der Waals surface area contributed by atoms with Gasteiger partial charge < -0.3 is 15.4 Å². The van der Waals surface area contributed by atoms with Crippen LogP contribution in [0, 0.1) is 0 Å². The van der Waals surface area contributed by atoms with Crippen LogP contribution >= 0.6 is 0 Å². The molecule has 0 radical (unpaired) electrons. The highest BCUT2D eigenvalue weighted by molar-refractivity contribution is 5.44. The van der Waals surface area contributed by atoms with Gasteiger partial charge in [-0.1, -0.05) is 43.5 Å². The minimum absolute atomic E-state index is 0.145. The molecule has 1 atom stereocenters. The summed E-state index contributed by atoms with van der Waals surface area (Å²) in [6.45, 7) is 2.60. The summed E-state index contributed by atoms with van der Waals surface area (Å²) < 4.78 is 6.00. The highest BCUT2D eigenvalue weighted by Gasteiger charge is 2.24. The van der Waals surface area contributed by atoms with E-state index >= 15 is 0 Å². The first-order valence-corrected chi connectivity index (χ1v) is 10.0. The van der Waals surface area contributed by atoms with Crippen molar-refractivity contribution in [1.82, 2.24) is 15.6 Å². The number of benzene rings is 1. The monoisotopic (exact) mass is 351 g/mol. The van der Waals surface area contributed by atoms with Crippen molar-refractivity contribution in [3.05, 3.63) is 59.4 Å². The largest absolute Gasteiger partial charge is 0.487 e. The predicted octanol–water partition coefficient (Wildman–Crippen LogP) is 3.97. The van der Waals surface area contributed by atoms with Crippen molar-refractivity contribution >= 4 is 0 Å². The van der Waals surface area contributed by atoms with Crippen molar-refractivity contribution in [1.29, 1.82) is 0 Å². The van der Waals surface area contributed by atoms with Crippen molar-refractivity contribution < 1.29 is 4.74 Å². The van der Waals surface area contributed by atoms with E-state index in [4.69, 9.17) is 4.74 Å². The van der Waals surface area contributed by atoms with Crippen molar-refractivity contribution in [3.8, 4) is 5.75 Å². The Morgan fingerprint density at radius 1 is 0.923 bits per heavy atom. The van der Waals surface area contributed by atoms with Crippen LogP contribution in [0.15, 0.2) is 42.6 Å². The number of nitrogens with one attached hydrogen (secondary N) is 2. The van der Waals surface area contributed by atoms with E-state index in [1.165, 1.54) is 43.2 Å². The number of ether oxygens (including phenoxy) is 1. The number of hydrogen-bond donors (Lipinski definition) is 2. The molecule has 26 heavy (non-hydrogen) atoms. The number of nitrogens with zero attached hydrogens (tertiary/aromatic N) is 1. The molecule has 2 N–H and O–H groups in total. The molecule has 0 amide bonds. The first-order chi connectivity index (χ1) is 12.9. The first kappa shape index (κ1) is 17.5. The molecule has 1 unspecified atom stereocenters. The topological polar surface area (TPSA) is 46.2 Å². The average molecular weight is 351 g/mol. The summed E-state index contributed by atoms with van der Waals surface area (Å²) in [5, 5.41) is 7.48. The molecule has 1 fully saturated rings. The normalized spacial score (nSPS) is 19.9. The Bertz CT molecular complexity index is 665. The van der Waals surface area contributed by atoms with E-state index in [0.29, 0.717) is 6.61 Å². The minimum atomic E-state index is 0.145. The van der Waals surface area contributed by atoms with Crippen LogP contribution in [0.2, 0.25) is 0 Å². The Morgan fingerprint density at radius 3 is 2.65 bits per heavy atom. The number of para-hydroxylation sites is 1. The fourth-order valence-electron chi connectivity index (χ4n) is 4.17. The van der Waals surface area contributed by atoms with Gasteiger partial charge in [-0.15, -0.1) is 0 Å². The number of fused-ring (bicyclic) bond motifs is 2. The summed E-state index contributed by atoms with van der Waals surface area (Å²) in [7, 11) is 0. The highest BCUT2D eigenvalue weighted by atomic mass is 16.5. The number of hydrogen-bond acceptors (Lipinski definition) is 4. The molecule has 4 heteroatoms. The molecular formula is C22H29N3O. The van der Waals surface area contributed by atoms with Gasteiger partial charge in [0.15, 0.2) is 0 Å². The zero-order chi connectivity index (χ0) is 17.6. The zero-order valence-corrected chi connectivity index (χ0v) is 15.4. The second kappa shape index (κ2) is 8.65. The van der Waals surface area contributed by atoms with Gasteiger partial charge in [0.25, 0.3) is 0 Å². The van der Waals surface area contributed by atoms with Gasteiger partial charge in [0.2, 0.25) is 0 Å². The van der Waals surface area contributed by atoms with Gasteiger partial charge in [0, 0.05) is 17.8 Å². The molecule has 0 saturated heterocycles. The third kappa shape index (κ3) is 4.08. The van der Waals surface area contributed by atoms with E-state index < -0.39 is 0 Å². The molecule has 0 spiro atoms. The molecular weight excluding hydrogens is 322 g/mol. The molecule has 1 aromatic heterocycles. The van der Waals surface area contributed by atoms with Gasteiger partial charge >= 0.3 is 0 Å². The summed E-state index contributed by atoms with van der Waals surface area (Å²) in [5.74, 6) is 0.961. The maximum atomic E-state index is 6.00. The Morgan fingerprint density at radius 2 is 1.73 bits per heavy atom. The van der Waals surface area contributed by atoms with E-state index in [9.17, 15) is 0 Å². The Balaban J connectivity index is 1.39. The van der Waals surface area contributed by atoms with Crippen molar-refractivity contribution in [2.75, 3.05) is 13.1 Å². The molecule has 1 aliphatic heterocycles. The Hall–Kier alpha value is -1.91. The van der Waals surface area contributed by atoms with Gasteiger partial charge in [-0.2, -0.15) is 0 Å². The van der Waals surface area contributed by atoms with Crippen molar-refractivity contribution in [2.24, 2.45) is 0 Å². The molecule has 2 aromatic rings. The van der Waals surface area contributed by atoms with Crippen LogP contribution < -0.4 is 15.4 Å². The van der Waals surface area contributed by atoms with E-state index in [1.54, 1.807) is 0 Å². The van der Waals surface area contributed by atoms with Crippen LogP contribution in [0.25, 0.3) is 0 Å². The summed E-state index contributed by atoms with van der Waals surface area (Å²) in [6, 6.07) is 13.4. The SMILES string of the molecule is c1ccc2c(c1)OCc1ncccc1C2NCCCNC1CCCCC1. The van der Waals surface area contributed by atoms with Crippen molar-refractivity contribution in [3.63, 3.8) is 0 Å². The van der Waals surface area contributed by atoms with Gasteiger partial charge in [-0.05, 0) is 50.0 Å². The maximum absolute atomic E-state index is 6.00. The molecule has 138 valence electrons. The summed E-state index contributed by atoms with van der Waals surface area (Å²) in [6.07, 6.45) is 9.86. The molecule has 1 aliphatic carbocycles. The predicted molar refractivity (Wildman–Crippen MR) is 104 cm³/mol. The number of rotatable bonds is 6. The lowest BCUT2D eigenvalue weighted by molar-refractivity contribution is 0.302. The minimum Gasteiger partial charge on any atom is -0.487 e. The van der Waals surface area contributed by atoms with Gasteiger partial charge in [-0.3, -0.25) is 4.98 Å². The van der Waals surface area contributed by atoms with E-state index in [-0.39, 0.29) is 6.04 Å². The summed E-state index contributed by atoms with van der Waals surface area (Å²) in [4.78, 5) is 4.54. The maximum Gasteiger partial charge on any atom is 0.131 e.